The second-order valence-corrected chi connectivity index (χ2v) is 7.27. The van der Waals surface area contributed by atoms with Crippen molar-refractivity contribution in [3.05, 3.63) is 34.7 Å². The minimum Gasteiger partial charge on any atom is -0.405 e. The molecule has 1 amide bonds. The number of anilines is 2. The Bertz CT molecular complexity index is 805. The molecule has 1 aliphatic rings. The first kappa shape index (κ1) is 19.3. The summed E-state index contributed by atoms with van der Waals surface area (Å²) >= 11 is 0. The highest BCUT2D eigenvalue weighted by Crippen LogP contribution is 2.27. The van der Waals surface area contributed by atoms with Gasteiger partial charge in [0.15, 0.2) is 0 Å². The zero-order valence-electron chi connectivity index (χ0n) is 16.3. The molecule has 0 saturated carbocycles. The molecule has 2 atom stereocenters. The highest BCUT2D eigenvalue weighted by Gasteiger charge is 2.23. The van der Waals surface area contributed by atoms with Crippen LogP contribution in [0.25, 0.3) is 0 Å². The summed E-state index contributed by atoms with van der Waals surface area (Å²) in [4.78, 5) is 15.3. The Morgan fingerprint density at radius 2 is 2.15 bits per heavy atom. The Balaban J connectivity index is 1.76. The number of aliphatic hydroxyl groups is 1. The van der Waals surface area contributed by atoms with Gasteiger partial charge in [-0.3, -0.25) is 9.69 Å². The topological polar surface area (TPSA) is 94.7 Å². The van der Waals surface area contributed by atoms with E-state index < -0.39 is 6.10 Å². The molecule has 8 heteroatoms. The minimum absolute atomic E-state index is 0.185. The van der Waals surface area contributed by atoms with Crippen molar-refractivity contribution >= 4 is 18.1 Å². The number of hydrogen-bond donors (Lipinski definition) is 2. The number of piperazine rings is 1. The lowest BCUT2D eigenvalue weighted by Crippen LogP contribution is -2.50. The zero-order chi connectivity index (χ0) is 19.6. The maximum absolute atomic E-state index is 11.1. The number of carbonyl (C=O) groups excluding carboxylic acids is 1. The lowest BCUT2D eigenvalue weighted by molar-refractivity contribution is -0.122. The third-order valence-electron chi connectivity index (χ3n) is 4.99. The van der Waals surface area contributed by atoms with Crippen LogP contribution in [0, 0.1) is 13.8 Å². The Labute approximate surface area is 159 Å². The van der Waals surface area contributed by atoms with Crippen LogP contribution in [0.2, 0.25) is 0 Å². The number of hydrogen-bond acceptors (Lipinski definition) is 7. The van der Waals surface area contributed by atoms with E-state index in [1.54, 1.807) is 6.92 Å². The number of nitrogens with one attached hydrogen (secondary N) is 1. The number of benzene rings is 1. The van der Waals surface area contributed by atoms with Gasteiger partial charge < -0.3 is 19.7 Å². The van der Waals surface area contributed by atoms with Crippen LogP contribution < -0.4 is 5.32 Å². The van der Waals surface area contributed by atoms with Crippen molar-refractivity contribution in [2.45, 2.75) is 46.4 Å². The first-order valence-corrected chi connectivity index (χ1v) is 9.19. The molecule has 2 aromatic rings. The Morgan fingerprint density at radius 3 is 2.78 bits per heavy atom. The molecule has 2 heterocycles. The van der Waals surface area contributed by atoms with Crippen molar-refractivity contribution in [2.75, 3.05) is 25.0 Å². The SMILES string of the molecule is Cc1cc(CN2CCN(C=O)[C@@H](C)C2)c(C)c(Nc2nnc([C@@H](C)O)o2)c1. The van der Waals surface area contributed by atoms with Gasteiger partial charge in [-0.2, -0.15) is 0 Å². The molecular formula is C19H27N5O3. The Kier molecular flexibility index (Phi) is 5.76. The molecule has 2 N–H and O–H groups in total. The van der Waals surface area contributed by atoms with Crippen LogP contribution in [0.3, 0.4) is 0 Å². The predicted molar refractivity (Wildman–Crippen MR) is 102 cm³/mol. The van der Waals surface area contributed by atoms with E-state index >= 15 is 0 Å². The molecule has 0 aliphatic carbocycles. The van der Waals surface area contributed by atoms with Gasteiger partial charge in [-0.1, -0.05) is 11.2 Å². The van der Waals surface area contributed by atoms with Gasteiger partial charge in [-0.05, 0) is 50.5 Å². The van der Waals surface area contributed by atoms with E-state index in [0.717, 1.165) is 49.4 Å². The van der Waals surface area contributed by atoms with Gasteiger partial charge in [0.25, 0.3) is 0 Å². The summed E-state index contributed by atoms with van der Waals surface area (Å²) in [6, 6.07) is 4.71. The molecule has 1 aromatic heterocycles. The molecule has 1 aliphatic heterocycles. The van der Waals surface area contributed by atoms with E-state index in [-0.39, 0.29) is 17.9 Å². The molecule has 27 heavy (non-hydrogen) atoms. The first-order valence-electron chi connectivity index (χ1n) is 9.19. The molecule has 0 unspecified atom stereocenters. The summed E-state index contributed by atoms with van der Waals surface area (Å²) in [6.45, 7) is 11.1. The number of carbonyl (C=O) groups is 1. The summed E-state index contributed by atoms with van der Waals surface area (Å²) < 4.78 is 5.44. The van der Waals surface area contributed by atoms with Gasteiger partial charge in [0.05, 0.1) is 0 Å². The monoisotopic (exact) mass is 373 g/mol. The summed E-state index contributed by atoms with van der Waals surface area (Å²) in [6.07, 6.45) is 0.141. The number of aliphatic hydroxyl groups excluding tert-OH is 1. The van der Waals surface area contributed by atoms with Crippen molar-refractivity contribution in [3.8, 4) is 0 Å². The van der Waals surface area contributed by atoms with E-state index in [1.165, 1.54) is 5.56 Å². The second kappa shape index (κ2) is 8.06. The van der Waals surface area contributed by atoms with Gasteiger partial charge in [0.2, 0.25) is 12.3 Å². The molecule has 0 spiro atoms. The van der Waals surface area contributed by atoms with Crippen molar-refractivity contribution in [2.24, 2.45) is 0 Å². The fourth-order valence-corrected chi connectivity index (χ4v) is 3.39. The number of nitrogens with zero attached hydrogens (tertiary/aromatic N) is 4. The average molecular weight is 373 g/mol. The molecule has 8 nitrogen and oxygen atoms in total. The molecule has 1 aromatic carbocycles. The van der Waals surface area contributed by atoms with Gasteiger partial charge in [-0.15, -0.1) is 5.10 Å². The van der Waals surface area contributed by atoms with E-state index in [2.05, 4.69) is 47.3 Å². The van der Waals surface area contributed by atoms with E-state index in [9.17, 15) is 9.90 Å². The van der Waals surface area contributed by atoms with Crippen LogP contribution >= 0.6 is 0 Å². The first-order chi connectivity index (χ1) is 12.9. The molecule has 1 fully saturated rings. The number of aromatic nitrogens is 2. The standard InChI is InChI=1S/C19H27N5O3/c1-12-7-16(10-23-5-6-24(11-25)13(2)9-23)14(3)17(8-12)20-19-22-21-18(27-19)15(4)26/h7-8,11,13,15,26H,5-6,9-10H2,1-4H3,(H,20,22)/t13-,15+/m0/s1. The van der Waals surface area contributed by atoms with Crippen LogP contribution in [0.1, 0.15) is 42.5 Å². The predicted octanol–water partition coefficient (Wildman–Crippen LogP) is 2.15. The molecular weight excluding hydrogens is 346 g/mol. The van der Waals surface area contributed by atoms with Crippen molar-refractivity contribution in [1.29, 1.82) is 0 Å². The van der Waals surface area contributed by atoms with E-state index in [1.807, 2.05) is 11.0 Å². The number of aryl methyl sites for hydroxylation is 1. The van der Waals surface area contributed by atoms with Crippen LogP contribution in [-0.4, -0.2) is 57.2 Å². The third kappa shape index (κ3) is 4.45. The highest BCUT2D eigenvalue weighted by atomic mass is 16.4. The lowest BCUT2D eigenvalue weighted by Gasteiger charge is -2.38. The van der Waals surface area contributed by atoms with Gasteiger partial charge in [0.1, 0.15) is 6.10 Å². The van der Waals surface area contributed by atoms with Crippen molar-refractivity contribution < 1.29 is 14.3 Å². The van der Waals surface area contributed by atoms with Crippen LogP contribution in [0.5, 0.6) is 0 Å². The molecule has 0 bridgehead atoms. The average Bonchev–Trinajstić information content (AvgIpc) is 3.08. The molecule has 146 valence electrons. The van der Waals surface area contributed by atoms with E-state index in [4.69, 9.17) is 4.42 Å². The maximum Gasteiger partial charge on any atom is 0.320 e. The van der Waals surface area contributed by atoms with Crippen molar-refractivity contribution in [1.82, 2.24) is 20.0 Å². The summed E-state index contributed by atoms with van der Waals surface area (Å²) in [5.74, 6) is 0.185. The largest absolute Gasteiger partial charge is 0.405 e. The van der Waals surface area contributed by atoms with Crippen LogP contribution in [0.15, 0.2) is 16.5 Å². The van der Waals surface area contributed by atoms with Gasteiger partial charge in [0, 0.05) is 37.9 Å². The fraction of sp³-hybridized carbons (Fsp3) is 0.526. The maximum atomic E-state index is 11.1. The van der Waals surface area contributed by atoms with Gasteiger partial charge in [-0.25, -0.2) is 0 Å². The fourth-order valence-electron chi connectivity index (χ4n) is 3.39. The zero-order valence-corrected chi connectivity index (χ0v) is 16.3. The summed E-state index contributed by atoms with van der Waals surface area (Å²) in [7, 11) is 0. The summed E-state index contributed by atoms with van der Waals surface area (Å²) in [5.41, 5.74) is 4.38. The number of amides is 1. The van der Waals surface area contributed by atoms with Gasteiger partial charge >= 0.3 is 6.01 Å². The van der Waals surface area contributed by atoms with Crippen molar-refractivity contribution in [3.63, 3.8) is 0 Å². The third-order valence-corrected chi connectivity index (χ3v) is 4.99. The van der Waals surface area contributed by atoms with Crippen LogP contribution in [-0.2, 0) is 11.3 Å². The Hall–Kier alpha value is -2.45. The second-order valence-electron chi connectivity index (χ2n) is 7.27. The molecule has 1 saturated heterocycles. The molecule has 3 rings (SSSR count). The lowest BCUT2D eigenvalue weighted by atomic mass is 10.0. The smallest absolute Gasteiger partial charge is 0.320 e. The molecule has 0 radical (unpaired) electrons. The number of rotatable bonds is 6. The van der Waals surface area contributed by atoms with Crippen LogP contribution in [0.4, 0.5) is 11.7 Å². The van der Waals surface area contributed by atoms with E-state index in [0.29, 0.717) is 0 Å². The minimum atomic E-state index is -0.797. The Morgan fingerprint density at radius 1 is 1.37 bits per heavy atom. The summed E-state index contributed by atoms with van der Waals surface area (Å²) in [5, 5.41) is 20.5. The normalized spacial score (nSPS) is 19.1. The highest BCUT2D eigenvalue weighted by molar-refractivity contribution is 5.61. The quantitative estimate of drug-likeness (QED) is 0.749.